The molecule has 0 unspecified atom stereocenters. The van der Waals surface area contributed by atoms with Crippen LogP contribution in [0.4, 0.5) is 5.69 Å². The minimum absolute atomic E-state index is 0.0420. The molecule has 3 aromatic rings. The van der Waals surface area contributed by atoms with Gasteiger partial charge in [-0.1, -0.05) is 36.4 Å². The number of para-hydroxylation sites is 2. The monoisotopic (exact) mass is 586 g/mol. The van der Waals surface area contributed by atoms with Crippen LogP contribution >= 0.6 is 0 Å². The summed E-state index contributed by atoms with van der Waals surface area (Å²) in [6.45, 7) is 1.50. The second-order valence-corrected chi connectivity index (χ2v) is 10.7. The number of ether oxygens (including phenoxy) is 3. The van der Waals surface area contributed by atoms with E-state index in [4.69, 9.17) is 14.2 Å². The first-order valence-electron chi connectivity index (χ1n) is 14.4. The Morgan fingerprint density at radius 2 is 1.51 bits per heavy atom. The van der Waals surface area contributed by atoms with Gasteiger partial charge in [-0.15, -0.1) is 0 Å². The van der Waals surface area contributed by atoms with Gasteiger partial charge in [0.2, 0.25) is 5.91 Å². The van der Waals surface area contributed by atoms with E-state index < -0.39 is 5.54 Å². The Hall–Kier alpha value is -4.73. The molecule has 2 aliphatic rings. The van der Waals surface area contributed by atoms with Crippen LogP contribution in [0, 0.1) is 0 Å². The van der Waals surface area contributed by atoms with Gasteiger partial charge in [-0.3, -0.25) is 14.4 Å². The largest absolute Gasteiger partial charge is 0.496 e. The van der Waals surface area contributed by atoms with Crippen molar-refractivity contribution in [1.82, 2.24) is 15.1 Å². The average molecular weight is 587 g/mol. The van der Waals surface area contributed by atoms with Gasteiger partial charge in [0.05, 0.1) is 33.6 Å². The van der Waals surface area contributed by atoms with Gasteiger partial charge in [-0.2, -0.15) is 0 Å². The van der Waals surface area contributed by atoms with Crippen molar-refractivity contribution in [3.05, 3.63) is 83.9 Å². The Kier molecular flexibility index (Phi) is 9.04. The molecule has 10 nitrogen and oxygen atoms in total. The van der Waals surface area contributed by atoms with Crippen molar-refractivity contribution >= 4 is 23.4 Å². The van der Waals surface area contributed by atoms with Crippen molar-refractivity contribution in [1.29, 1.82) is 0 Å². The van der Waals surface area contributed by atoms with Crippen molar-refractivity contribution in [2.24, 2.45) is 0 Å². The van der Waals surface area contributed by atoms with Gasteiger partial charge in [-0.25, -0.2) is 0 Å². The lowest BCUT2D eigenvalue weighted by Gasteiger charge is -2.43. The molecular formula is C33H38N4O6. The first-order valence-corrected chi connectivity index (χ1v) is 14.4. The Labute approximate surface area is 252 Å². The van der Waals surface area contributed by atoms with E-state index in [1.165, 1.54) is 0 Å². The lowest BCUT2D eigenvalue weighted by Crippen LogP contribution is -2.57. The number of methoxy groups -OCH3 is 3. The van der Waals surface area contributed by atoms with E-state index in [1.54, 1.807) is 43.3 Å². The highest BCUT2D eigenvalue weighted by molar-refractivity contribution is 5.99. The quantitative estimate of drug-likeness (QED) is 0.389. The first-order chi connectivity index (χ1) is 20.9. The number of benzene rings is 3. The summed E-state index contributed by atoms with van der Waals surface area (Å²) in [5.74, 6) is 1.39. The molecule has 3 aromatic carbocycles. The smallest absolute Gasteiger partial charge is 0.257 e. The molecule has 0 bridgehead atoms. The van der Waals surface area contributed by atoms with Crippen molar-refractivity contribution in [2.45, 2.75) is 24.8 Å². The van der Waals surface area contributed by atoms with Crippen LogP contribution < -0.4 is 24.4 Å². The summed E-state index contributed by atoms with van der Waals surface area (Å²) in [5.41, 5.74) is 1.58. The zero-order chi connectivity index (χ0) is 30.4. The summed E-state index contributed by atoms with van der Waals surface area (Å²) in [7, 11) is 4.72. The molecule has 2 fully saturated rings. The number of nitrogens with one attached hydrogen (secondary N) is 1. The molecule has 2 saturated heterocycles. The maximum Gasteiger partial charge on any atom is 0.257 e. The average Bonchev–Trinajstić information content (AvgIpc) is 3.31. The fourth-order valence-corrected chi connectivity index (χ4v) is 6.01. The predicted molar refractivity (Wildman–Crippen MR) is 163 cm³/mol. The molecule has 10 heteroatoms. The van der Waals surface area contributed by atoms with E-state index in [0.29, 0.717) is 68.4 Å². The van der Waals surface area contributed by atoms with Gasteiger partial charge in [0.15, 0.2) is 11.5 Å². The number of carbonyl (C=O) groups excluding carboxylic acids is 3. The fourth-order valence-electron chi connectivity index (χ4n) is 6.01. The van der Waals surface area contributed by atoms with E-state index in [-0.39, 0.29) is 24.3 Å². The number of amides is 3. The molecule has 43 heavy (non-hydrogen) atoms. The van der Waals surface area contributed by atoms with Crippen LogP contribution in [0.5, 0.6) is 17.2 Å². The zero-order valence-electron chi connectivity index (χ0n) is 24.9. The van der Waals surface area contributed by atoms with Crippen LogP contribution in [-0.2, 0) is 16.0 Å². The van der Waals surface area contributed by atoms with Gasteiger partial charge in [-0.05, 0) is 61.2 Å². The molecule has 3 amide bonds. The Morgan fingerprint density at radius 3 is 2.21 bits per heavy atom. The van der Waals surface area contributed by atoms with Crippen LogP contribution in [-0.4, -0.2) is 87.2 Å². The van der Waals surface area contributed by atoms with Crippen molar-refractivity contribution in [3.63, 3.8) is 0 Å². The summed E-state index contributed by atoms with van der Waals surface area (Å²) in [6, 6.07) is 22.6. The van der Waals surface area contributed by atoms with Crippen molar-refractivity contribution < 1.29 is 28.6 Å². The number of rotatable bonds is 10. The third kappa shape index (κ3) is 6.09. The summed E-state index contributed by atoms with van der Waals surface area (Å²) in [5, 5.41) is 2.95. The highest BCUT2D eigenvalue weighted by atomic mass is 16.5. The molecule has 0 aliphatic carbocycles. The summed E-state index contributed by atoms with van der Waals surface area (Å²) < 4.78 is 16.1. The number of piperidine rings is 1. The fraction of sp³-hybridized carbons (Fsp3) is 0.364. The molecule has 5 rings (SSSR count). The number of hydrogen-bond donors (Lipinski definition) is 1. The van der Waals surface area contributed by atoms with Crippen LogP contribution in [0.1, 0.15) is 28.8 Å². The maximum atomic E-state index is 14.0. The highest BCUT2D eigenvalue weighted by Crippen LogP contribution is 2.40. The SMILES string of the molecule is COc1ccc(CCNC(=O)CN2CN(c3ccccc3)C3(CCN(C(=O)c4ccccc4OC)CC3)C2=O)cc1OC. The number of hydrogen-bond acceptors (Lipinski definition) is 7. The van der Waals surface area contributed by atoms with E-state index in [2.05, 4.69) is 10.2 Å². The second kappa shape index (κ2) is 13.1. The molecule has 2 heterocycles. The highest BCUT2D eigenvalue weighted by Gasteiger charge is 2.54. The lowest BCUT2D eigenvalue weighted by atomic mass is 9.85. The van der Waals surface area contributed by atoms with Gasteiger partial charge in [0.1, 0.15) is 17.8 Å². The van der Waals surface area contributed by atoms with Crippen molar-refractivity contribution in [2.75, 3.05) is 59.1 Å². The number of carbonyl (C=O) groups is 3. The number of likely N-dealkylation sites (tertiary alicyclic amines) is 1. The number of anilines is 1. The van der Waals surface area contributed by atoms with Crippen LogP contribution in [0.15, 0.2) is 72.8 Å². The molecule has 1 N–H and O–H groups in total. The summed E-state index contributed by atoms with van der Waals surface area (Å²) >= 11 is 0. The molecule has 0 saturated carbocycles. The van der Waals surface area contributed by atoms with Crippen LogP contribution in [0.3, 0.4) is 0 Å². The van der Waals surface area contributed by atoms with Gasteiger partial charge in [0.25, 0.3) is 11.8 Å². The maximum absolute atomic E-state index is 14.0. The molecule has 2 aliphatic heterocycles. The molecule has 0 radical (unpaired) electrons. The summed E-state index contributed by atoms with van der Waals surface area (Å²) in [6.07, 6.45) is 1.52. The van der Waals surface area contributed by atoms with Gasteiger partial charge in [0, 0.05) is 25.3 Å². The topological polar surface area (TPSA) is 101 Å². The van der Waals surface area contributed by atoms with Gasteiger partial charge < -0.3 is 34.2 Å². The summed E-state index contributed by atoms with van der Waals surface area (Å²) in [4.78, 5) is 45.9. The molecule has 0 atom stereocenters. The Bertz CT molecular complexity index is 1450. The van der Waals surface area contributed by atoms with Crippen LogP contribution in [0.2, 0.25) is 0 Å². The minimum atomic E-state index is -0.834. The third-order valence-corrected chi connectivity index (χ3v) is 8.32. The molecule has 226 valence electrons. The van der Waals surface area contributed by atoms with Crippen molar-refractivity contribution in [3.8, 4) is 17.2 Å². The predicted octanol–water partition coefficient (Wildman–Crippen LogP) is 3.35. The molecular weight excluding hydrogens is 548 g/mol. The zero-order valence-corrected chi connectivity index (χ0v) is 24.9. The Morgan fingerprint density at radius 1 is 0.837 bits per heavy atom. The van der Waals surface area contributed by atoms with E-state index >= 15 is 0 Å². The Balaban J connectivity index is 1.25. The third-order valence-electron chi connectivity index (χ3n) is 8.32. The van der Waals surface area contributed by atoms with Crippen LogP contribution in [0.25, 0.3) is 0 Å². The first kappa shape index (κ1) is 29.8. The van der Waals surface area contributed by atoms with E-state index in [0.717, 1.165) is 11.3 Å². The number of nitrogens with zero attached hydrogens (tertiary/aromatic N) is 3. The van der Waals surface area contributed by atoms with Gasteiger partial charge >= 0.3 is 0 Å². The molecule has 0 aromatic heterocycles. The lowest BCUT2D eigenvalue weighted by molar-refractivity contribution is -0.137. The van der Waals surface area contributed by atoms with E-state index in [9.17, 15) is 14.4 Å². The molecule has 1 spiro atoms. The second-order valence-electron chi connectivity index (χ2n) is 10.7. The minimum Gasteiger partial charge on any atom is -0.496 e. The normalized spacial score (nSPS) is 15.9. The van der Waals surface area contributed by atoms with E-state index in [1.807, 2.05) is 60.7 Å². The standard InChI is InChI=1S/C33H38N4O6/c1-41-27-12-8-7-11-26(27)31(39)35-19-16-33(17-20-35)32(40)36(23-37(33)25-9-5-4-6-10-25)22-30(38)34-18-15-24-13-14-28(42-2)29(21-24)43-3/h4-14,21H,15-20,22-23H2,1-3H3,(H,34,38).